The maximum Gasteiger partial charge on any atom is 0.248 e. The molecule has 1 aliphatic rings. The number of carbonyl (C=O) groups excluding carboxylic acids is 1. The summed E-state index contributed by atoms with van der Waals surface area (Å²) < 4.78 is 5.28. The van der Waals surface area contributed by atoms with E-state index in [-0.39, 0.29) is 5.91 Å². The second kappa shape index (κ2) is 7.32. The van der Waals surface area contributed by atoms with E-state index in [1.165, 1.54) is 17.2 Å². The zero-order chi connectivity index (χ0) is 16.9. The molecule has 0 unspecified atom stereocenters. The molecule has 0 aromatic heterocycles. The molecule has 4 nitrogen and oxygen atoms in total. The van der Waals surface area contributed by atoms with Gasteiger partial charge in [-0.3, -0.25) is 4.79 Å². The lowest BCUT2D eigenvalue weighted by molar-refractivity contribution is -0.111. The van der Waals surface area contributed by atoms with Crippen LogP contribution in [0.2, 0.25) is 0 Å². The number of nitrogens with zero attached hydrogens (tertiary/aromatic N) is 1. The largest absolute Gasteiger partial charge is 0.496 e. The van der Waals surface area contributed by atoms with E-state index >= 15 is 0 Å². The molecule has 0 radical (unpaired) electrons. The smallest absolute Gasteiger partial charge is 0.248 e. The molecule has 1 heterocycles. The molecule has 1 aliphatic heterocycles. The predicted molar refractivity (Wildman–Crippen MR) is 97.1 cm³/mol. The van der Waals surface area contributed by atoms with E-state index in [0.29, 0.717) is 0 Å². The maximum atomic E-state index is 12.2. The first-order chi connectivity index (χ1) is 11.7. The number of para-hydroxylation sites is 1. The predicted octanol–water partition coefficient (Wildman–Crippen LogP) is 3.34. The van der Waals surface area contributed by atoms with Crippen LogP contribution in [0.1, 0.15) is 16.7 Å². The van der Waals surface area contributed by atoms with Crippen molar-refractivity contribution in [1.82, 2.24) is 4.90 Å². The highest BCUT2D eigenvalue weighted by molar-refractivity contribution is 6.02. The van der Waals surface area contributed by atoms with Crippen molar-refractivity contribution in [2.24, 2.45) is 0 Å². The molecule has 24 heavy (non-hydrogen) atoms. The number of methoxy groups -OCH3 is 1. The molecule has 0 saturated heterocycles. The second-order valence-corrected chi connectivity index (χ2v) is 6.04. The fourth-order valence-electron chi connectivity index (χ4n) is 2.93. The maximum absolute atomic E-state index is 12.2. The summed E-state index contributed by atoms with van der Waals surface area (Å²) >= 11 is 0. The van der Waals surface area contributed by atoms with E-state index in [1.807, 2.05) is 30.3 Å². The summed E-state index contributed by atoms with van der Waals surface area (Å²) in [6.45, 7) is 2.01. The molecule has 0 fully saturated rings. The van der Waals surface area contributed by atoms with Gasteiger partial charge < -0.3 is 15.0 Å². The number of hydrogen-bond donors (Lipinski definition) is 1. The Kier molecular flexibility index (Phi) is 4.96. The van der Waals surface area contributed by atoms with Crippen molar-refractivity contribution in [3.63, 3.8) is 0 Å². The zero-order valence-electron chi connectivity index (χ0n) is 14.1. The van der Waals surface area contributed by atoms with Gasteiger partial charge >= 0.3 is 0 Å². The molecule has 0 bridgehead atoms. The molecular formula is C20H22N2O2. The van der Waals surface area contributed by atoms with Gasteiger partial charge in [-0.2, -0.15) is 0 Å². The van der Waals surface area contributed by atoms with Gasteiger partial charge in [-0.15, -0.1) is 0 Å². The van der Waals surface area contributed by atoms with Crippen molar-refractivity contribution in [1.29, 1.82) is 0 Å². The Morgan fingerprint density at radius 1 is 1.21 bits per heavy atom. The Bertz CT molecular complexity index is 768. The summed E-state index contributed by atoms with van der Waals surface area (Å²) in [7, 11) is 3.74. The van der Waals surface area contributed by atoms with Crippen LogP contribution in [-0.4, -0.2) is 31.5 Å². The highest BCUT2D eigenvalue weighted by Gasteiger charge is 2.13. The number of carbonyl (C=O) groups is 1. The molecule has 1 N–H and O–H groups in total. The minimum absolute atomic E-state index is 0.148. The monoisotopic (exact) mass is 322 g/mol. The number of fused-ring (bicyclic) bond motifs is 1. The summed E-state index contributed by atoms with van der Waals surface area (Å²) in [5, 5.41) is 2.93. The fourth-order valence-corrected chi connectivity index (χ4v) is 2.93. The first-order valence-corrected chi connectivity index (χ1v) is 8.08. The van der Waals surface area contributed by atoms with Gasteiger partial charge in [0.25, 0.3) is 0 Å². The topological polar surface area (TPSA) is 41.6 Å². The molecule has 0 spiro atoms. The van der Waals surface area contributed by atoms with Crippen LogP contribution >= 0.6 is 0 Å². The molecule has 0 atom stereocenters. The average molecular weight is 322 g/mol. The Labute approximate surface area is 142 Å². The molecule has 3 rings (SSSR count). The van der Waals surface area contributed by atoms with Crippen LogP contribution in [0.5, 0.6) is 5.75 Å². The Morgan fingerprint density at radius 2 is 2.04 bits per heavy atom. The first kappa shape index (κ1) is 16.3. The van der Waals surface area contributed by atoms with Gasteiger partial charge in [0.1, 0.15) is 5.75 Å². The van der Waals surface area contributed by atoms with Gasteiger partial charge in [0, 0.05) is 30.4 Å². The first-order valence-electron chi connectivity index (χ1n) is 8.08. The number of anilines is 1. The third-order valence-corrected chi connectivity index (χ3v) is 4.23. The van der Waals surface area contributed by atoms with E-state index in [4.69, 9.17) is 4.74 Å². The van der Waals surface area contributed by atoms with Crippen LogP contribution in [-0.2, 0) is 17.8 Å². The van der Waals surface area contributed by atoms with Gasteiger partial charge in [0.15, 0.2) is 0 Å². The lowest BCUT2D eigenvalue weighted by Gasteiger charge is -2.25. The molecule has 0 aliphatic carbocycles. The summed E-state index contributed by atoms with van der Waals surface area (Å²) in [6.07, 6.45) is 4.36. The van der Waals surface area contributed by atoms with E-state index in [1.54, 1.807) is 13.2 Å². The van der Waals surface area contributed by atoms with Crippen molar-refractivity contribution in [2.45, 2.75) is 13.0 Å². The van der Waals surface area contributed by atoms with Crippen LogP contribution in [0.3, 0.4) is 0 Å². The summed E-state index contributed by atoms with van der Waals surface area (Å²) in [4.78, 5) is 14.5. The van der Waals surface area contributed by atoms with E-state index in [0.717, 1.165) is 36.5 Å². The van der Waals surface area contributed by atoms with Crippen LogP contribution in [0, 0.1) is 0 Å². The quantitative estimate of drug-likeness (QED) is 0.878. The molecule has 2 aromatic rings. The van der Waals surface area contributed by atoms with Crippen molar-refractivity contribution >= 4 is 17.7 Å². The lowest BCUT2D eigenvalue weighted by atomic mass is 9.99. The van der Waals surface area contributed by atoms with Gasteiger partial charge in [-0.05, 0) is 48.9 Å². The van der Waals surface area contributed by atoms with E-state index in [2.05, 4.69) is 29.4 Å². The minimum atomic E-state index is -0.148. The minimum Gasteiger partial charge on any atom is -0.496 e. The number of ether oxygens (including phenoxy) is 1. The Hall–Kier alpha value is -2.59. The highest BCUT2D eigenvalue weighted by atomic mass is 16.5. The standard InChI is InChI=1S/C20H22N2O2/c1-22-12-11-15-7-9-18(13-17(15)14-22)21-20(23)10-8-16-5-3-4-6-19(16)24-2/h3-10,13H,11-12,14H2,1-2H3,(H,21,23)/b10-8-. The molecule has 2 aromatic carbocycles. The van der Waals surface area contributed by atoms with Crippen molar-refractivity contribution in [2.75, 3.05) is 26.0 Å². The summed E-state index contributed by atoms with van der Waals surface area (Å²) in [6, 6.07) is 13.8. The van der Waals surface area contributed by atoms with E-state index in [9.17, 15) is 4.79 Å². The highest BCUT2D eigenvalue weighted by Crippen LogP contribution is 2.22. The van der Waals surface area contributed by atoms with E-state index < -0.39 is 0 Å². The lowest BCUT2D eigenvalue weighted by Crippen LogP contribution is -2.26. The number of likely N-dealkylation sites (N-methyl/N-ethyl adjacent to an activating group) is 1. The third-order valence-electron chi connectivity index (χ3n) is 4.23. The summed E-state index contributed by atoms with van der Waals surface area (Å²) in [5.41, 5.74) is 4.37. The number of rotatable bonds is 4. The summed E-state index contributed by atoms with van der Waals surface area (Å²) in [5.74, 6) is 0.600. The van der Waals surface area contributed by atoms with Crippen molar-refractivity contribution in [3.05, 3.63) is 65.2 Å². The number of hydrogen-bond acceptors (Lipinski definition) is 3. The van der Waals surface area contributed by atoms with Crippen molar-refractivity contribution in [3.8, 4) is 5.75 Å². The molecule has 0 saturated carbocycles. The molecule has 124 valence electrons. The number of benzene rings is 2. The van der Waals surface area contributed by atoms with Gasteiger partial charge in [-0.1, -0.05) is 24.3 Å². The molecular weight excluding hydrogens is 300 g/mol. The van der Waals surface area contributed by atoms with Gasteiger partial charge in [-0.25, -0.2) is 0 Å². The second-order valence-electron chi connectivity index (χ2n) is 6.04. The molecule has 1 amide bonds. The number of nitrogens with one attached hydrogen (secondary N) is 1. The third kappa shape index (κ3) is 3.84. The van der Waals surface area contributed by atoms with Crippen LogP contribution < -0.4 is 10.1 Å². The van der Waals surface area contributed by atoms with Crippen LogP contribution in [0.25, 0.3) is 6.08 Å². The molecule has 4 heteroatoms. The van der Waals surface area contributed by atoms with Gasteiger partial charge in [0.05, 0.1) is 7.11 Å². The fraction of sp³-hybridized carbons (Fsp3) is 0.250. The Balaban J connectivity index is 1.69. The zero-order valence-corrected chi connectivity index (χ0v) is 14.1. The average Bonchev–Trinajstić information content (AvgIpc) is 2.60. The number of amides is 1. The van der Waals surface area contributed by atoms with Crippen LogP contribution in [0.15, 0.2) is 48.5 Å². The SMILES string of the molecule is COc1ccccc1/C=C\C(=O)Nc1ccc2c(c1)CN(C)CC2. The normalized spacial score (nSPS) is 14.4. The Morgan fingerprint density at radius 3 is 2.88 bits per heavy atom. The van der Waals surface area contributed by atoms with Gasteiger partial charge in [0.2, 0.25) is 5.91 Å². The van der Waals surface area contributed by atoms with Crippen molar-refractivity contribution < 1.29 is 9.53 Å². The van der Waals surface area contributed by atoms with Crippen LogP contribution in [0.4, 0.5) is 5.69 Å².